The largest absolute Gasteiger partial charge is 0.478 e. The van der Waals surface area contributed by atoms with Crippen molar-refractivity contribution in [2.24, 2.45) is 0 Å². The lowest BCUT2D eigenvalue weighted by Gasteiger charge is -2.14. The molecule has 0 saturated carbocycles. The summed E-state index contributed by atoms with van der Waals surface area (Å²) in [4.78, 5) is 20.4. The Morgan fingerprint density at radius 3 is 2.57 bits per heavy atom. The number of hydrogen-bond acceptors (Lipinski definition) is 4. The van der Waals surface area contributed by atoms with Gasteiger partial charge < -0.3 is 5.11 Å². The summed E-state index contributed by atoms with van der Waals surface area (Å²) < 4.78 is 1.84. The SMILES string of the molecule is CCn1ncc2c(-c3cccnc3)c(C=CC(=O)O)c(-c3ccccc3)nc21. The van der Waals surface area contributed by atoms with Gasteiger partial charge in [-0.05, 0) is 19.1 Å². The predicted molar refractivity (Wildman–Crippen MR) is 109 cm³/mol. The molecule has 0 bridgehead atoms. The molecule has 0 aliphatic carbocycles. The van der Waals surface area contributed by atoms with Crippen molar-refractivity contribution in [2.75, 3.05) is 0 Å². The van der Waals surface area contributed by atoms with Gasteiger partial charge >= 0.3 is 5.97 Å². The molecule has 0 aliphatic rings. The molecule has 6 heteroatoms. The van der Waals surface area contributed by atoms with Crippen LogP contribution in [0.5, 0.6) is 0 Å². The first kappa shape index (κ1) is 17.6. The van der Waals surface area contributed by atoms with E-state index in [1.807, 2.05) is 54.1 Å². The quantitative estimate of drug-likeness (QED) is 0.530. The molecule has 0 amide bonds. The first-order valence-corrected chi connectivity index (χ1v) is 8.95. The Morgan fingerprint density at radius 2 is 1.89 bits per heavy atom. The van der Waals surface area contributed by atoms with Crippen LogP contribution in [-0.2, 0) is 11.3 Å². The summed E-state index contributed by atoms with van der Waals surface area (Å²) in [5, 5.41) is 14.5. The van der Waals surface area contributed by atoms with Crippen LogP contribution in [0.2, 0.25) is 0 Å². The molecule has 6 nitrogen and oxygen atoms in total. The summed E-state index contributed by atoms with van der Waals surface area (Å²) in [5.74, 6) is -1.01. The number of hydrogen-bond donors (Lipinski definition) is 1. The number of aliphatic carboxylic acids is 1. The third-order valence-corrected chi connectivity index (χ3v) is 4.51. The van der Waals surface area contributed by atoms with Crippen LogP contribution in [0.15, 0.2) is 67.1 Å². The lowest BCUT2D eigenvalue weighted by atomic mass is 9.94. The number of nitrogens with zero attached hydrogens (tertiary/aromatic N) is 4. The smallest absolute Gasteiger partial charge is 0.328 e. The molecule has 0 fully saturated rings. The van der Waals surface area contributed by atoms with Gasteiger partial charge in [-0.1, -0.05) is 36.4 Å². The number of benzene rings is 1. The van der Waals surface area contributed by atoms with E-state index in [0.29, 0.717) is 12.2 Å². The van der Waals surface area contributed by atoms with E-state index in [-0.39, 0.29) is 0 Å². The molecule has 0 unspecified atom stereocenters. The fourth-order valence-electron chi connectivity index (χ4n) is 3.29. The van der Waals surface area contributed by atoms with Gasteiger partial charge in [-0.25, -0.2) is 14.5 Å². The third kappa shape index (κ3) is 3.16. The number of carboxylic acids is 1. The zero-order chi connectivity index (χ0) is 19.5. The van der Waals surface area contributed by atoms with Gasteiger partial charge in [0.15, 0.2) is 5.65 Å². The summed E-state index contributed by atoms with van der Waals surface area (Å²) in [6.07, 6.45) is 8.00. The van der Waals surface area contributed by atoms with Crippen molar-refractivity contribution in [2.45, 2.75) is 13.5 Å². The van der Waals surface area contributed by atoms with Crippen LogP contribution in [0, 0.1) is 0 Å². The van der Waals surface area contributed by atoms with Crippen LogP contribution in [0.25, 0.3) is 39.5 Å². The first-order chi connectivity index (χ1) is 13.7. The number of carboxylic acid groups (broad SMARTS) is 1. The minimum absolute atomic E-state index is 0.682. The van der Waals surface area contributed by atoms with Crippen molar-refractivity contribution in [3.8, 4) is 22.4 Å². The summed E-state index contributed by atoms with van der Waals surface area (Å²) in [7, 11) is 0. The maximum Gasteiger partial charge on any atom is 0.328 e. The van der Waals surface area contributed by atoms with Gasteiger partial charge in [-0.15, -0.1) is 0 Å². The van der Waals surface area contributed by atoms with Crippen LogP contribution in [0.4, 0.5) is 0 Å². The van der Waals surface area contributed by atoms with Crippen molar-refractivity contribution >= 4 is 23.1 Å². The maximum absolute atomic E-state index is 11.2. The standard InChI is InChI=1S/C22H18N4O2/c1-2-26-22-18(14-24-26)20(16-9-6-12-23-13-16)17(10-11-19(27)28)21(25-22)15-7-4-3-5-8-15/h3-14H,2H2,1H3,(H,27,28). The Hall–Kier alpha value is -3.80. The summed E-state index contributed by atoms with van der Waals surface area (Å²) >= 11 is 0. The van der Waals surface area contributed by atoms with Crippen molar-refractivity contribution < 1.29 is 9.90 Å². The molecule has 1 aromatic carbocycles. The molecule has 1 N–H and O–H groups in total. The second-order valence-electron chi connectivity index (χ2n) is 6.23. The summed E-state index contributed by atoms with van der Waals surface area (Å²) in [6, 6.07) is 13.6. The minimum Gasteiger partial charge on any atom is -0.478 e. The Labute approximate surface area is 161 Å². The molecule has 28 heavy (non-hydrogen) atoms. The molecule has 0 atom stereocenters. The van der Waals surface area contributed by atoms with Crippen molar-refractivity contribution in [1.82, 2.24) is 19.7 Å². The lowest BCUT2D eigenvalue weighted by molar-refractivity contribution is -0.131. The van der Waals surface area contributed by atoms with Crippen LogP contribution >= 0.6 is 0 Å². The predicted octanol–water partition coefficient (Wildman–Crippen LogP) is 4.28. The lowest BCUT2D eigenvalue weighted by Crippen LogP contribution is -2.01. The number of pyridine rings is 2. The summed E-state index contributed by atoms with van der Waals surface area (Å²) in [6.45, 7) is 2.69. The fraction of sp³-hybridized carbons (Fsp3) is 0.0909. The van der Waals surface area contributed by atoms with Gasteiger partial charge in [-0.3, -0.25) is 4.98 Å². The van der Waals surface area contributed by atoms with Crippen molar-refractivity contribution in [1.29, 1.82) is 0 Å². The Balaban J connectivity index is 2.14. The molecule has 4 rings (SSSR count). The molecule has 3 aromatic heterocycles. The van der Waals surface area contributed by atoms with E-state index >= 15 is 0 Å². The summed E-state index contributed by atoms with van der Waals surface area (Å²) in [5.41, 5.74) is 4.85. The Kier molecular flexibility index (Phi) is 4.68. The highest BCUT2D eigenvalue weighted by Gasteiger charge is 2.19. The van der Waals surface area contributed by atoms with Crippen LogP contribution in [-0.4, -0.2) is 30.8 Å². The maximum atomic E-state index is 11.2. The van der Waals surface area contributed by atoms with Crippen molar-refractivity contribution in [3.63, 3.8) is 0 Å². The van der Waals surface area contributed by atoms with Crippen molar-refractivity contribution in [3.05, 3.63) is 72.7 Å². The van der Waals surface area contributed by atoms with E-state index in [1.54, 1.807) is 24.7 Å². The second-order valence-corrected chi connectivity index (χ2v) is 6.23. The minimum atomic E-state index is -1.01. The Bertz CT molecular complexity index is 1170. The molecule has 4 aromatic rings. The van der Waals surface area contributed by atoms with Crippen LogP contribution in [0.3, 0.4) is 0 Å². The highest BCUT2D eigenvalue weighted by molar-refractivity contribution is 6.02. The normalized spacial score (nSPS) is 11.3. The van der Waals surface area contributed by atoms with Gasteiger partial charge in [0.2, 0.25) is 0 Å². The highest BCUT2D eigenvalue weighted by atomic mass is 16.4. The van der Waals surface area contributed by atoms with E-state index < -0.39 is 5.97 Å². The van der Waals surface area contributed by atoms with Gasteiger partial charge in [0.1, 0.15) is 0 Å². The first-order valence-electron chi connectivity index (χ1n) is 8.95. The molecule has 0 saturated heterocycles. The van der Waals surface area contributed by atoms with E-state index in [4.69, 9.17) is 4.98 Å². The molecule has 0 radical (unpaired) electrons. The molecule has 138 valence electrons. The third-order valence-electron chi connectivity index (χ3n) is 4.51. The molecular weight excluding hydrogens is 352 g/mol. The van der Waals surface area contributed by atoms with Gasteiger partial charge in [0, 0.05) is 52.7 Å². The second kappa shape index (κ2) is 7.44. The number of fused-ring (bicyclic) bond motifs is 1. The highest BCUT2D eigenvalue weighted by Crippen LogP contribution is 2.37. The number of carbonyl (C=O) groups is 1. The van der Waals surface area contributed by atoms with E-state index in [1.165, 1.54) is 0 Å². The fourth-order valence-corrected chi connectivity index (χ4v) is 3.29. The zero-order valence-corrected chi connectivity index (χ0v) is 15.3. The zero-order valence-electron chi connectivity index (χ0n) is 15.3. The van der Waals surface area contributed by atoms with E-state index in [2.05, 4.69) is 10.1 Å². The number of aromatic nitrogens is 4. The van der Waals surface area contributed by atoms with Crippen LogP contribution < -0.4 is 0 Å². The van der Waals surface area contributed by atoms with E-state index in [9.17, 15) is 9.90 Å². The molecule has 0 spiro atoms. The monoisotopic (exact) mass is 370 g/mol. The van der Waals surface area contributed by atoms with E-state index in [0.717, 1.165) is 39.4 Å². The topological polar surface area (TPSA) is 80.9 Å². The Morgan fingerprint density at radius 1 is 1.11 bits per heavy atom. The molecular formula is C22H18N4O2. The molecule has 0 aliphatic heterocycles. The van der Waals surface area contributed by atoms with Gasteiger partial charge in [-0.2, -0.15) is 5.10 Å². The van der Waals surface area contributed by atoms with Gasteiger partial charge in [0.05, 0.1) is 11.9 Å². The number of aryl methyl sites for hydroxylation is 1. The van der Waals surface area contributed by atoms with Gasteiger partial charge in [0.25, 0.3) is 0 Å². The average molecular weight is 370 g/mol. The van der Waals surface area contributed by atoms with Crippen LogP contribution in [0.1, 0.15) is 12.5 Å². The average Bonchev–Trinajstić information content (AvgIpc) is 3.15. The number of rotatable bonds is 5. The molecule has 3 heterocycles.